The van der Waals surface area contributed by atoms with E-state index in [2.05, 4.69) is 20.9 Å². The number of hydrazine groups is 2. The number of nitrogens with one attached hydrogen (secondary N) is 2. The van der Waals surface area contributed by atoms with Gasteiger partial charge < -0.3 is 10.3 Å². The molecule has 158 valence electrons. The molecule has 0 aliphatic carbocycles. The predicted octanol–water partition coefficient (Wildman–Crippen LogP) is 3.43. The van der Waals surface area contributed by atoms with E-state index in [4.69, 9.17) is 11.6 Å². The Bertz CT molecular complexity index is 1040. The fraction of sp³-hybridized carbons (Fsp3) is 0.316. The molecule has 2 aromatic rings. The molecule has 1 aromatic heterocycles. The second kappa shape index (κ2) is 7.44. The van der Waals surface area contributed by atoms with Crippen LogP contribution in [-0.2, 0) is 6.18 Å². The van der Waals surface area contributed by atoms with Crippen molar-refractivity contribution in [2.75, 3.05) is 11.6 Å². The highest BCUT2D eigenvalue weighted by atomic mass is 35.5. The van der Waals surface area contributed by atoms with Crippen molar-refractivity contribution in [2.24, 2.45) is 0 Å². The fourth-order valence-corrected chi connectivity index (χ4v) is 3.97. The highest BCUT2D eigenvalue weighted by molar-refractivity contribution is 6.34. The van der Waals surface area contributed by atoms with Gasteiger partial charge in [0.1, 0.15) is 5.82 Å². The van der Waals surface area contributed by atoms with Crippen molar-refractivity contribution in [3.05, 3.63) is 63.8 Å². The Hall–Kier alpha value is -2.85. The molecule has 7 nitrogen and oxygen atoms in total. The van der Waals surface area contributed by atoms with Crippen LogP contribution in [0.15, 0.2) is 41.9 Å². The van der Waals surface area contributed by atoms with Gasteiger partial charge in [0.15, 0.2) is 5.82 Å². The molecule has 2 N–H and O–H groups in total. The lowest BCUT2D eigenvalue weighted by molar-refractivity contribution is -0.137. The van der Waals surface area contributed by atoms with Gasteiger partial charge in [0.05, 0.1) is 33.6 Å². The van der Waals surface area contributed by atoms with Crippen molar-refractivity contribution >= 4 is 23.3 Å². The lowest BCUT2D eigenvalue weighted by Gasteiger charge is -2.35. The predicted molar refractivity (Wildman–Crippen MR) is 104 cm³/mol. The summed E-state index contributed by atoms with van der Waals surface area (Å²) in [7, 11) is 0. The fourth-order valence-electron chi connectivity index (χ4n) is 3.66. The van der Waals surface area contributed by atoms with Crippen molar-refractivity contribution in [2.45, 2.75) is 32.5 Å². The number of nitrogens with zero attached hydrogens (tertiary/aromatic N) is 4. The summed E-state index contributed by atoms with van der Waals surface area (Å²) in [6, 6.07) is 4.71. The van der Waals surface area contributed by atoms with E-state index in [0.717, 1.165) is 17.5 Å². The largest absolute Gasteiger partial charge is 0.417 e. The zero-order chi connectivity index (χ0) is 21.6. The Morgan fingerprint density at radius 3 is 2.77 bits per heavy atom. The molecule has 1 unspecified atom stereocenters. The molecule has 11 heteroatoms. The molecule has 1 amide bonds. The van der Waals surface area contributed by atoms with E-state index in [-0.39, 0.29) is 5.56 Å². The van der Waals surface area contributed by atoms with Crippen LogP contribution in [0, 0.1) is 6.92 Å². The molecular weight excluding hydrogens is 421 g/mol. The van der Waals surface area contributed by atoms with E-state index >= 15 is 0 Å². The minimum atomic E-state index is -4.64. The van der Waals surface area contributed by atoms with Gasteiger partial charge in [-0.1, -0.05) is 17.7 Å². The molecule has 0 saturated heterocycles. The van der Waals surface area contributed by atoms with E-state index in [9.17, 15) is 18.0 Å². The number of alkyl halides is 3. The second-order valence-electron chi connectivity index (χ2n) is 6.98. The first kappa shape index (κ1) is 20.4. The SMILES string of the molecule is Cc1nccc(N2NNC3=C2CCN(C(=O)c2cccc(C(F)(F)F)c2Cl)C3C)n1. The normalized spacial score (nSPS) is 19.1. The molecule has 0 spiro atoms. The summed E-state index contributed by atoms with van der Waals surface area (Å²) in [6.07, 6.45) is -2.51. The zero-order valence-corrected chi connectivity index (χ0v) is 16.8. The molecule has 4 rings (SSSR count). The average molecular weight is 439 g/mol. The van der Waals surface area contributed by atoms with E-state index < -0.39 is 28.7 Å². The van der Waals surface area contributed by atoms with Crippen LogP contribution in [0.5, 0.6) is 0 Å². The van der Waals surface area contributed by atoms with Crippen molar-refractivity contribution in [3.63, 3.8) is 0 Å². The van der Waals surface area contributed by atoms with Crippen LogP contribution in [-0.4, -0.2) is 33.4 Å². The van der Waals surface area contributed by atoms with Gasteiger partial charge in [0, 0.05) is 25.2 Å². The Morgan fingerprint density at radius 1 is 1.30 bits per heavy atom. The van der Waals surface area contributed by atoms with Crippen LogP contribution in [0.1, 0.15) is 35.1 Å². The van der Waals surface area contributed by atoms with Gasteiger partial charge >= 0.3 is 6.18 Å². The van der Waals surface area contributed by atoms with Crippen LogP contribution >= 0.6 is 11.6 Å². The molecule has 1 aromatic carbocycles. The van der Waals surface area contributed by atoms with E-state index in [1.54, 1.807) is 31.1 Å². The summed E-state index contributed by atoms with van der Waals surface area (Å²) in [5.41, 5.74) is 6.52. The van der Waals surface area contributed by atoms with Crippen LogP contribution in [0.25, 0.3) is 0 Å². The Labute approximate surface area is 175 Å². The molecule has 3 heterocycles. The third-order valence-corrected chi connectivity index (χ3v) is 5.55. The Balaban J connectivity index is 1.62. The standard InChI is InChI=1S/C19H18ClF3N6O/c1-10-17-14(29(27-26-17)15-6-8-24-11(2)25-15)7-9-28(10)18(30)12-4-3-5-13(16(12)20)19(21,22)23/h3-6,8,10,26-27H,7,9H2,1-2H3. The van der Waals surface area contributed by atoms with E-state index in [0.29, 0.717) is 24.6 Å². The molecule has 0 radical (unpaired) electrons. The maximum Gasteiger partial charge on any atom is 0.417 e. The summed E-state index contributed by atoms with van der Waals surface area (Å²) in [5.74, 6) is 0.708. The number of anilines is 1. The number of rotatable bonds is 2. The summed E-state index contributed by atoms with van der Waals surface area (Å²) < 4.78 is 39.5. The first-order valence-electron chi connectivity index (χ1n) is 9.19. The van der Waals surface area contributed by atoms with Crippen LogP contribution in [0.2, 0.25) is 5.02 Å². The third kappa shape index (κ3) is 3.46. The van der Waals surface area contributed by atoms with Crippen LogP contribution in [0.3, 0.4) is 0 Å². The number of hydrogen-bond acceptors (Lipinski definition) is 6. The summed E-state index contributed by atoms with van der Waals surface area (Å²) in [5, 5.41) is 1.19. The summed E-state index contributed by atoms with van der Waals surface area (Å²) in [6.45, 7) is 3.90. The van der Waals surface area contributed by atoms with Crippen LogP contribution in [0.4, 0.5) is 19.0 Å². The van der Waals surface area contributed by atoms with Crippen molar-refractivity contribution in [3.8, 4) is 0 Å². The van der Waals surface area contributed by atoms with Crippen LogP contribution < -0.4 is 16.0 Å². The van der Waals surface area contributed by atoms with Gasteiger partial charge in [-0.15, -0.1) is 5.53 Å². The molecular formula is C19H18ClF3N6O. The first-order chi connectivity index (χ1) is 14.2. The smallest absolute Gasteiger partial charge is 0.330 e. The number of carbonyl (C=O) groups excluding carboxylic acids is 1. The highest BCUT2D eigenvalue weighted by Crippen LogP contribution is 2.37. The maximum atomic E-state index is 13.2. The average Bonchev–Trinajstić information content (AvgIpc) is 3.12. The van der Waals surface area contributed by atoms with Gasteiger partial charge in [-0.2, -0.15) is 13.2 Å². The molecule has 2 aliphatic heterocycles. The zero-order valence-electron chi connectivity index (χ0n) is 16.1. The number of aryl methyl sites for hydroxylation is 1. The van der Waals surface area contributed by atoms with Crippen molar-refractivity contribution < 1.29 is 18.0 Å². The lowest BCUT2D eigenvalue weighted by Crippen LogP contribution is -2.46. The van der Waals surface area contributed by atoms with Crippen molar-refractivity contribution in [1.82, 2.24) is 25.8 Å². The van der Waals surface area contributed by atoms with Crippen molar-refractivity contribution in [1.29, 1.82) is 0 Å². The monoisotopic (exact) mass is 438 g/mol. The number of carbonyl (C=O) groups is 1. The molecule has 0 bridgehead atoms. The minimum Gasteiger partial charge on any atom is -0.330 e. The minimum absolute atomic E-state index is 0.170. The molecule has 2 aliphatic rings. The van der Waals surface area contributed by atoms with E-state index in [1.165, 1.54) is 17.0 Å². The topological polar surface area (TPSA) is 73.4 Å². The van der Waals surface area contributed by atoms with Gasteiger partial charge in [0.2, 0.25) is 0 Å². The second-order valence-corrected chi connectivity index (χ2v) is 7.36. The van der Waals surface area contributed by atoms with Gasteiger partial charge in [-0.25, -0.2) is 15.0 Å². The Morgan fingerprint density at radius 2 is 2.07 bits per heavy atom. The first-order valence-corrected chi connectivity index (χ1v) is 9.57. The number of benzene rings is 1. The third-order valence-electron chi connectivity index (χ3n) is 5.14. The molecule has 0 fully saturated rings. The van der Waals surface area contributed by atoms with Gasteiger partial charge in [-0.3, -0.25) is 4.79 Å². The number of aromatic nitrogens is 2. The lowest BCUT2D eigenvalue weighted by atomic mass is 10.0. The number of amides is 1. The highest BCUT2D eigenvalue weighted by Gasteiger charge is 2.39. The summed E-state index contributed by atoms with van der Waals surface area (Å²) >= 11 is 5.95. The molecule has 0 saturated carbocycles. The molecule has 1 atom stereocenters. The van der Waals surface area contributed by atoms with Gasteiger partial charge in [0.25, 0.3) is 5.91 Å². The van der Waals surface area contributed by atoms with Gasteiger partial charge in [-0.05, 0) is 26.0 Å². The quantitative estimate of drug-likeness (QED) is 0.748. The number of hydrogen-bond donors (Lipinski definition) is 2. The number of halogens is 4. The molecule has 30 heavy (non-hydrogen) atoms. The Kier molecular flexibility index (Phi) is 5.07. The van der Waals surface area contributed by atoms with E-state index in [1.807, 2.05) is 0 Å². The maximum absolute atomic E-state index is 13.2. The summed E-state index contributed by atoms with van der Waals surface area (Å²) in [4.78, 5) is 23.0.